The van der Waals surface area contributed by atoms with Crippen LogP contribution in [-0.2, 0) is 9.53 Å². The van der Waals surface area contributed by atoms with Gasteiger partial charge >= 0.3 is 5.97 Å². The van der Waals surface area contributed by atoms with E-state index in [9.17, 15) is 9.18 Å². The summed E-state index contributed by atoms with van der Waals surface area (Å²) in [6, 6.07) is 14.8. The predicted molar refractivity (Wildman–Crippen MR) is 89.6 cm³/mol. The van der Waals surface area contributed by atoms with Gasteiger partial charge in [-0.25, -0.2) is 9.18 Å². The van der Waals surface area contributed by atoms with Gasteiger partial charge in [0.25, 0.3) is 0 Å². The van der Waals surface area contributed by atoms with Crippen LogP contribution in [0.15, 0.2) is 66.7 Å². The van der Waals surface area contributed by atoms with Crippen LogP contribution in [0, 0.1) is 5.82 Å². The number of ether oxygens (including phenoxy) is 1. The average molecular weight is 311 g/mol. The van der Waals surface area contributed by atoms with Crippen LogP contribution >= 0.6 is 0 Å². The van der Waals surface area contributed by atoms with E-state index in [4.69, 9.17) is 10.5 Å². The maximum Gasteiger partial charge on any atom is 0.340 e. The second-order valence-electron chi connectivity index (χ2n) is 4.86. The number of hydrogen-bond donors (Lipinski definition) is 1. The zero-order valence-corrected chi connectivity index (χ0v) is 12.9. The standard InChI is InChI=1S/C19H18FNO2/c1-3-23-19(22)17(18(21)15-7-5-4-6-8-15)13(2)14-9-11-16(20)12-10-14/h4-12H,2-3,21H2,1H3/b18-17+. The highest BCUT2D eigenvalue weighted by Crippen LogP contribution is 2.27. The summed E-state index contributed by atoms with van der Waals surface area (Å²) in [6.45, 7) is 5.88. The van der Waals surface area contributed by atoms with Gasteiger partial charge in [-0.3, -0.25) is 0 Å². The second-order valence-corrected chi connectivity index (χ2v) is 4.86. The van der Waals surface area contributed by atoms with Crippen molar-refractivity contribution in [3.63, 3.8) is 0 Å². The minimum atomic E-state index is -0.553. The molecule has 0 saturated heterocycles. The first-order valence-electron chi connectivity index (χ1n) is 7.22. The largest absolute Gasteiger partial charge is 0.462 e. The minimum Gasteiger partial charge on any atom is -0.462 e. The smallest absolute Gasteiger partial charge is 0.340 e. The van der Waals surface area contributed by atoms with Crippen molar-refractivity contribution in [2.75, 3.05) is 6.61 Å². The average Bonchev–Trinajstić information content (AvgIpc) is 2.56. The van der Waals surface area contributed by atoms with Crippen molar-refractivity contribution < 1.29 is 13.9 Å². The van der Waals surface area contributed by atoms with Crippen LogP contribution in [0.5, 0.6) is 0 Å². The third kappa shape index (κ3) is 3.86. The predicted octanol–water partition coefficient (Wildman–Crippen LogP) is 3.77. The molecule has 23 heavy (non-hydrogen) atoms. The molecule has 2 aromatic carbocycles. The summed E-state index contributed by atoms with van der Waals surface area (Å²) in [7, 11) is 0. The van der Waals surface area contributed by atoms with Gasteiger partial charge in [0.1, 0.15) is 5.82 Å². The normalized spacial score (nSPS) is 11.6. The lowest BCUT2D eigenvalue weighted by molar-refractivity contribution is -0.137. The quantitative estimate of drug-likeness (QED) is 0.519. The number of carbonyl (C=O) groups excluding carboxylic acids is 1. The SMILES string of the molecule is C=C(/C(C(=O)OCC)=C(\N)c1ccccc1)c1ccc(F)cc1. The lowest BCUT2D eigenvalue weighted by Crippen LogP contribution is -2.14. The molecule has 2 aromatic rings. The van der Waals surface area contributed by atoms with Crippen LogP contribution in [0.2, 0.25) is 0 Å². The Hall–Kier alpha value is -2.88. The fourth-order valence-corrected chi connectivity index (χ4v) is 2.16. The van der Waals surface area contributed by atoms with Gasteiger partial charge in [0.2, 0.25) is 0 Å². The van der Waals surface area contributed by atoms with E-state index in [1.807, 2.05) is 18.2 Å². The molecule has 0 bridgehead atoms. The lowest BCUT2D eigenvalue weighted by Gasteiger charge is -2.14. The second kappa shape index (κ2) is 7.40. The summed E-state index contributed by atoms with van der Waals surface area (Å²) >= 11 is 0. The van der Waals surface area contributed by atoms with Crippen molar-refractivity contribution in [2.45, 2.75) is 6.92 Å². The number of hydrogen-bond acceptors (Lipinski definition) is 3. The van der Waals surface area contributed by atoms with Gasteiger partial charge in [-0.15, -0.1) is 0 Å². The highest BCUT2D eigenvalue weighted by atomic mass is 19.1. The maximum atomic E-state index is 13.1. The first-order valence-corrected chi connectivity index (χ1v) is 7.22. The molecule has 0 saturated carbocycles. The Morgan fingerprint density at radius 2 is 1.70 bits per heavy atom. The van der Waals surface area contributed by atoms with Crippen molar-refractivity contribution in [2.24, 2.45) is 5.73 Å². The summed E-state index contributed by atoms with van der Waals surface area (Å²) < 4.78 is 18.2. The molecule has 0 aromatic heterocycles. The molecule has 2 N–H and O–H groups in total. The molecule has 0 heterocycles. The molecule has 0 fully saturated rings. The molecule has 4 heteroatoms. The van der Waals surface area contributed by atoms with E-state index in [0.717, 1.165) is 0 Å². The van der Waals surface area contributed by atoms with Crippen molar-refractivity contribution >= 4 is 17.2 Å². The van der Waals surface area contributed by atoms with Gasteiger partial charge < -0.3 is 10.5 Å². The van der Waals surface area contributed by atoms with Crippen LogP contribution in [0.3, 0.4) is 0 Å². The molecule has 0 atom stereocenters. The molecular formula is C19H18FNO2. The van der Waals surface area contributed by atoms with E-state index in [0.29, 0.717) is 16.7 Å². The highest BCUT2D eigenvalue weighted by molar-refractivity contribution is 6.12. The van der Waals surface area contributed by atoms with Gasteiger partial charge in [-0.05, 0) is 35.8 Å². The van der Waals surface area contributed by atoms with E-state index in [-0.39, 0.29) is 23.7 Å². The minimum absolute atomic E-state index is 0.185. The fraction of sp³-hybridized carbons (Fsp3) is 0.105. The summed E-state index contributed by atoms with van der Waals surface area (Å²) in [6.07, 6.45) is 0. The van der Waals surface area contributed by atoms with Gasteiger partial charge in [-0.2, -0.15) is 0 Å². The van der Waals surface area contributed by atoms with Gasteiger partial charge in [-0.1, -0.05) is 49.0 Å². The van der Waals surface area contributed by atoms with Crippen molar-refractivity contribution in [1.29, 1.82) is 0 Å². The Morgan fingerprint density at radius 1 is 1.09 bits per heavy atom. The summed E-state index contributed by atoms with van der Waals surface area (Å²) in [5.41, 5.74) is 8.34. The van der Waals surface area contributed by atoms with E-state index < -0.39 is 5.97 Å². The molecule has 0 aliphatic heterocycles. The van der Waals surface area contributed by atoms with E-state index in [1.54, 1.807) is 31.2 Å². The zero-order valence-electron chi connectivity index (χ0n) is 12.9. The van der Waals surface area contributed by atoms with Crippen LogP contribution < -0.4 is 5.73 Å². The summed E-state index contributed by atoms with van der Waals surface area (Å²) in [5, 5.41) is 0. The number of halogens is 1. The van der Waals surface area contributed by atoms with Crippen LogP contribution in [-0.4, -0.2) is 12.6 Å². The number of rotatable bonds is 5. The van der Waals surface area contributed by atoms with Crippen LogP contribution in [0.1, 0.15) is 18.1 Å². The molecule has 2 rings (SSSR count). The van der Waals surface area contributed by atoms with Crippen LogP contribution in [0.4, 0.5) is 4.39 Å². The van der Waals surface area contributed by atoms with Gasteiger partial charge in [0.15, 0.2) is 0 Å². The van der Waals surface area contributed by atoms with Gasteiger partial charge in [0, 0.05) is 0 Å². The fourth-order valence-electron chi connectivity index (χ4n) is 2.16. The molecule has 0 spiro atoms. The maximum absolute atomic E-state index is 13.1. The molecule has 0 radical (unpaired) electrons. The molecule has 0 unspecified atom stereocenters. The van der Waals surface area contributed by atoms with E-state index in [1.165, 1.54) is 12.1 Å². The monoisotopic (exact) mass is 311 g/mol. The van der Waals surface area contributed by atoms with Crippen LogP contribution in [0.25, 0.3) is 11.3 Å². The molecule has 0 aliphatic carbocycles. The number of esters is 1. The zero-order chi connectivity index (χ0) is 16.8. The summed E-state index contributed by atoms with van der Waals surface area (Å²) in [4.78, 5) is 12.3. The topological polar surface area (TPSA) is 52.3 Å². The Balaban J connectivity index is 2.52. The Kier molecular flexibility index (Phi) is 5.31. The van der Waals surface area contributed by atoms with Gasteiger partial charge in [0.05, 0.1) is 17.9 Å². The summed E-state index contributed by atoms with van der Waals surface area (Å²) in [5.74, 6) is -0.914. The first-order chi connectivity index (χ1) is 11.0. The molecular weight excluding hydrogens is 293 g/mol. The van der Waals surface area contributed by atoms with E-state index >= 15 is 0 Å². The molecule has 0 aliphatic rings. The first kappa shape index (κ1) is 16.5. The number of benzene rings is 2. The highest BCUT2D eigenvalue weighted by Gasteiger charge is 2.20. The number of nitrogens with two attached hydrogens (primary N) is 1. The Labute approximate surface area is 134 Å². The van der Waals surface area contributed by atoms with Crippen molar-refractivity contribution in [3.8, 4) is 0 Å². The Bertz CT molecular complexity index is 734. The van der Waals surface area contributed by atoms with Crippen molar-refractivity contribution in [1.82, 2.24) is 0 Å². The lowest BCUT2D eigenvalue weighted by atomic mass is 9.95. The van der Waals surface area contributed by atoms with E-state index in [2.05, 4.69) is 6.58 Å². The molecule has 118 valence electrons. The third-order valence-corrected chi connectivity index (χ3v) is 3.33. The molecule has 0 amide bonds. The number of carbonyl (C=O) groups is 1. The van der Waals surface area contributed by atoms with Crippen molar-refractivity contribution in [3.05, 3.63) is 83.7 Å². The Morgan fingerprint density at radius 3 is 2.26 bits per heavy atom. The third-order valence-electron chi connectivity index (χ3n) is 3.33. The molecule has 3 nitrogen and oxygen atoms in total.